The second-order valence-corrected chi connectivity index (χ2v) is 11.9. The Labute approximate surface area is 208 Å². The Morgan fingerprint density at radius 3 is 2.46 bits per heavy atom. The molecule has 0 atom stereocenters. The topological polar surface area (TPSA) is 72.2 Å². The molecule has 7 heteroatoms. The van der Waals surface area contributed by atoms with Crippen LogP contribution in [-0.2, 0) is 10.2 Å². The molecule has 4 aliphatic carbocycles. The minimum absolute atomic E-state index is 0.0238. The molecule has 4 fully saturated rings. The van der Waals surface area contributed by atoms with E-state index in [0.29, 0.717) is 17.6 Å². The van der Waals surface area contributed by atoms with Crippen LogP contribution in [0.3, 0.4) is 0 Å². The highest BCUT2D eigenvalue weighted by Gasteiger charge is 2.51. The summed E-state index contributed by atoms with van der Waals surface area (Å²) in [6.07, 6.45) is 10.4. The van der Waals surface area contributed by atoms with Gasteiger partial charge in [-0.15, -0.1) is 0 Å². The first-order chi connectivity index (χ1) is 17.1. The van der Waals surface area contributed by atoms with E-state index in [1.165, 1.54) is 55.9 Å². The highest BCUT2D eigenvalue weighted by molar-refractivity contribution is 7.99. The number of hydrogen-bond donors (Lipinski definition) is 1. The molecular weight excluding hydrogens is 454 g/mol. The number of hydrogen-bond acceptors (Lipinski definition) is 5. The molecule has 178 valence electrons. The highest BCUT2D eigenvalue weighted by Crippen LogP contribution is 2.60. The number of benzene rings is 2. The molecule has 2 aromatic heterocycles. The molecule has 1 N–H and O–H groups in total. The molecule has 4 bridgehead atoms. The maximum absolute atomic E-state index is 12.7. The van der Waals surface area contributed by atoms with Crippen molar-refractivity contribution >= 4 is 39.9 Å². The third-order valence-electron chi connectivity index (χ3n) is 8.47. The summed E-state index contributed by atoms with van der Waals surface area (Å²) in [4.78, 5) is 21.8. The van der Waals surface area contributed by atoms with E-state index in [4.69, 9.17) is 4.98 Å². The maximum atomic E-state index is 12.7. The van der Waals surface area contributed by atoms with Gasteiger partial charge in [0, 0.05) is 23.2 Å². The Morgan fingerprint density at radius 2 is 1.71 bits per heavy atom. The molecule has 4 aromatic rings. The quantitative estimate of drug-likeness (QED) is 0.274. The van der Waals surface area contributed by atoms with E-state index in [1.807, 2.05) is 24.3 Å². The summed E-state index contributed by atoms with van der Waals surface area (Å²) >= 11 is 1.53. The Kier molecular flexibility index (Phi) is 5.08. The van der Waals surface area contributed by atoms with Crippen LogP contribution in [0.25, 0.3) is 16.6 Å². The van der Waals surface area contributed by atoms with Gasteiger partial charge in [0.1, 0.15) is 6.33 Å². The summed E-state index contributed by atoms with van der Waals surface area (Å²) < 4.78 is 1.76. The van der Waals surface area contributed by atoms with Crippen molar-refractivity contribution in [3.63, 3.8) is 0 Å². The summed E-state index contributed by atoms with van der Waals surface area (Å²) in [5.41, 5.74) is 4.45. The number of aromatic nitrogens is 4. The van der Waals surface area contributed by atoms with Gasteiger partial charge in [0.05, 0.1) is 5.52 Å². The lowest BCUT2D eigenvalue weighted by atomic mass is 9.48. The van der Waals surface area contributed by atoms with E-state index in [1.54, 1.807) is 10.8 Å². The van der Waals surface area contributed by atoms with Gasteiger partial charge in [-0.1, -0.05) is 36.0 Å². The molecule has 2 aromatic carbocycles. The minimum Gasteiger partial charge on any atom is -0.326 e. The van der Waals surface area contributed by atoms with Crippen LogP contribution in [-0.4, -0.2) is 31.2 Å². The SMILES string of the molecule is O=C(CCSc1nc2ccccc2c2ncnn12)Nc1ccc(C23CC4CC(CC(C4)C2)C3)cc1. The molecule has 0 unspecified atom stereocenters. The number of amides is 1. The van der Waals surface area contributed by atoms with Crippen LogP contribution < -0.4 is 5.32 Å². The number of para-hydroxylation sites is 1. The fraction of sp³-hybridized carbons (Fsp3) is 0.429. The normalized spacial score (nSPS) is 27.0. The smallest absolute Gasteiger partial charge is 0.225 e. The van der Waals surface area contributed by atoms with Crippen molar-refractivity contribution in [2.45, 2.75) is 55.5 Å². The third-order valence-corrected chi connectivity index (χ3v) is 9.40. The summed E-state index contributed by atoms with van der Waals surface area (Å²) in [6.45, 7) is 0. The molecule has 4 aliphatic rings. The largest absolute Gasteiger partial charge is 0.326 e. The Bertz CT molecular complexity index is 1380. The summed E-state index contributed by atoms with van der Waals surface area (Å²) in [6, 6.07) is 16.7. The average Bonchev–Trinajstić information content (AvgIpc) is 3.34. The number of nitrogens with one attached hydrogen (secondary N) is 1. The molecule has 0 aliphatic heterocycles. The minimum atomic E-state index is 0.0238. The summed E-state index contributed by atoms with van der Waals surface area (Å²) in [7, 11) is 0. The molecule has 4 saturated carbocycles. The molecule has 35 heavy (non-hydrogen) atoms. The van der Waals surface area contributed by atoms with Gasteiger partial charge in [-0.2, -0.15) is 9.61 Å². The molecule has 0 radical (unpaired) electrons. The van der Waals surface area contributed by atoms with Crippen molar-refractivity contribution in [1.82, 2.24) is 19.6 Å². The monoisotopic (exact) mass is 483 g/mol. The van der Waals surface area contributed by atoms with Gasteiger partial charge >= 0.3 is 0 Å². The van der Waals surface area contributed by atoms with Crippen molar-refractivity contribution < 1.29 is 4.79 Å². The number of rotatable bonds is 6. The van der Waals surface area contributed by atoms with Crippen molar-refractivity contribution in [2.75, 3.05) is 11.1 Å². The lowest BCUT2D eigenvalue weighted by molar-refractivity contribution is -0.115. The molecule has 8 rings (SSSR count). The van der Waals surface area contributed by atoms with Gasteiger partial charge in [-0.25, -0.2) is 9.97 Å². The second-order valence-electron chi connectivity index (χ2n) is 10.8. The summed E-state index contributed by atoms with van der Waals surface area (Å²) in [5.74, 6) is 3.46. The third kappa shape index (κ3) is 3.80. The van der Waals surface area contributed by atoms with Crippen LogP contribution in [0.4, 0.5) is 5.69 Å². The van der Waals surface area contributed by atoms with Crippen LogP contribution in [0.2, 0.25) is 0 Å². The van der Waals surface area contributed by atoms with Gasteiger partial charge < -0.3 is 5.32 Å². The second kappa shape index (κ2) is 8.33. The van der Waals surface area contributed by atoms with Crippen molar-refractivity contribution in [3.8, 4) is 0 Å². The zero-order chi connectivity index (χ0) is 23.4. The zero-order valence-electron chi connectivity index (χ0n) is 19.7. The first-order valence-electron chi connectivity index (χ1n) is 12.8. The lowest BCUT2D eigenvalue weighted by Gasteiger charge is -2.57. The molecule has 6 nitrogen and oxygen atoms in total. The Morgan fingerprint density at radius 1 is 1.00 bits per heavy atom. The van der Waals surface area contributed by atoms with Crippen LogP contribution in [0, 0.1) is 17.8 Å². The Balaban J connectivity index is 0.992. The Hall–Kier alpha value is -2.93. The first-order valence-corrected chi connectivity index (χ1v) is 13.8. The molecule has 1 amide bonds. The number of anilines is 1. The number of fused-ring (bicyclic) bond motifs is 3. The highest BCUT2D eigenvalue weighted by atomic mass is 32.2. The van der Waals surface area contributed by atoms with E-state index in [-0.39, 0.29) is 5.91 Å². The number of carbonyl (C=O) groups is 1. The van der Waals surface area contributed by atoms with E-state index in [2.05, 4.69) is 39.7 Å². The van der Waals surface area contributed by atoms with Gasteiger partial charge in [-0.3, -0.25) is 4.79 Å². The number of nitrogens with zero attached hydrogens (tertiary/aromatic N) is 4. The van der Waals surface area contributed by atoms with Crippen LogP contribution in [0.5, 0.6) is 0 Å². The van der Waals surface area contributed by atoms with Gasteiger partial charge in [-0.05, 0) is 91.5 Å². The van der Waals surface area contributed by atoms with Gasteiger partial charge in [0.15, 0.2) is 10.8 Å². The number of carbonyl (C=O) groups excluding carboxylic acids is 1. The molecule has 0 spiro atoms. The fourth-order valence-corrected chi connectivity index (χ4v) is 8.29. The standard InChI is InChI=1S/C28H29N5OS/c34-25(9-10-35-27-32-24-4-2-1-3-23(24)26-29-17-30-33(26)27)31-22-7-5-21(6-8-22)28-14-18-11-19(15-28)13-20(12-18)16-28/h1-8,17-20H,9-16H2,(H,31,34). The van der Waals surface area contributed by atoms with Gasteiger partial charge in [0.2, 0.25) is 5.91 Å². The average molecular weight is 484 g/mol. The fourth-order valence-electron chi connectivity index (χ4n) is 7.40. The van der Waals surface area contributed by atoms with Crippen molar-refractivity contribution in [1.29, 1.82) is 0 Å². The van der Waals surface area contributed by atoms with Crippen molar-refractivity contribution in [2.24, 2.45) is 17.8 Å². The van der Waals surface area contributed by atoms with Crippen LogP contribution in [0.1, 0.15) is 50.5 Å². The number of thioether (sulfide) groups is 1. The lowest BCUT2D eigenvalue weighted by Crippen LogP contribution is -2.48. The predicted molar refractivity (Wildman–Crippen MR) is 139 cm³/mol. The first kappa shape index (κ1) is 21.4. The van der Waals surface area contributed by atoms with E-state index in [9.17, 15) is 4.79 Å². The summed E-state index contributed by atoms with van der Waals surface area (Å²) in [5, 5.41) is 9.14. The maximum Gasteiger partial charge on any atom is 0.225 e. The van der Waals surface area contributed by atoms with E-state index >= 15 is 0 Å². The zero-order valence-corrected chi connectivity index (χ0v) is 20.5. The molecular formula is C28H29N5OS. The van der Waals surface area contributed by atoms with E-state index < -0.39 is 0 Å². The molecule has 0 saturated heterocycles. The van der Waals surface area contributed by atoms with Crippen LogP contribution >= 0.6 is 11.8 Å². The molecule has 2 heterocycles. The van der Waals surface area contributed by atoms with Crippen molar-refractivity contribution in [3.05, 3.63) is 60.4 Å². The van der Waals surface area contributed by atoms with E-state index in [0.717, 1.165) is 45.1 Å². The van der Waals surface area contributed by atoms with Gasteiger partial charge in [0.25, 0.3) is 0 Å². The van der Waals surface area contributed by atoms with Crippen LogP contribution in [0.15, 0.2) is 60.0 Å². The predicted octanol–water partition coefficient (Wildman–Crippen LogP) is 5.87.